The van der Waals surface area contributed by atoms with Crippen molar-refractivity contribution in [1.82, 2.24) is 9.97 Å². The predicted octanol–water partition coefficient (Wildman–Crippen LogP) is 5.70. The second-order valence-corrected chi connectivity index (χ2v) is 9.07. The summed E-state index contributed by atoms with van der Waals surface area (Å²) in [7, 11) is 0. The number of nitrogens with zero attached hydrogens (tertiary/aromatic N) is 4. The summed E-state index contributed by atoms with van der Waals surface area (Å²) in [5.41, 5.74) is 0.995. The van der Waals surface area contributed by atoms with Crippen molar-refractivity contribution in [2.75, 3.05) is 10.6 Å². The third kappa shape index (κ3) is 5.88. The van der Waals surface area contributed by atoms with Crippen LogP contribution in [-0.2, 0) is 9.59 Å². The third-order valence-corrected chi connectivity index (χ3v) is 6.38. The Bertz CT molecular complexity index is 1510. The summed E-state index contributed by atoms with van der Waals surface area (Å²) in [5.74, 6) is -0.713. The van der Waals surface area contributed by atoms with Crippen LogP contribution in [0.15, 0.2) is 83.1 Å². The molecule has 2 N–H and O–H groups in total. The van der Waals surface area contributed by atoms with E-state index < -0.39 is 21.2 Å². The van der Waals surface area contributed by atoms with E-state index in [9.17, 15) is 29.8 Å². The first-order chi connectivity index (χ1) is 18.7. The number of para-hydroxylation sites is 2. The summed E-state index contributed by atoms with van der Waals surface area (Å²) in [6.45, 7) is 2.64. The Morgan fingerprint density at radius 3 is 1.41 bits per heavy atom. The van der Waals surface area contributed by atoms with E-state index in [1.54, 1.807) is 48.5 Å². The Morgan fingerprint density at radius 1 is 0.667 bits per heavy atom. The normalized spacial score (nSPS) is 10.5. The topological polar surface area (TPSA) is 170 Å². The average molecular weight is 545 g/mol. The van der Waals surface area contributed by atoms with Crippen LogP contribution in [0.25, 0.3) is 22.3 Å². The van der Waals surface area contributed by atoms with E-state index in [1.807, 2.05) is 0 Å². The zero-order chi connectivity index (χ0) is 28.1. The highest BCUT2D eigenvalue weighted by Gasteiger charge is 2.30. The maximum atomic E-state index is 12.3. The number of aromatic nitrogens is 2. The number of carbonyl (C=O) groups is 2. The number of amides is 2. The van der Waals surface area contributed by atoms with Gasteiger partial charge in [0.05, 0.1) is 21.0 Å². The molecule has 0 saturated heterocycles. The van der Waals surface area contributed by atoms with Gasteiger partial charge in [-0.3, -0.25) is 29.8 Å². The molecule has 12 nitrogen and oxygen atoms in total. The Kier molecular flexibility index (Phi) is 7.91. The molecule has 0 fully saturated rings. The van der Waals surface area contributed by atoms with E-state index in [-0.39, 0.29) is 33.0 Å². The van der Waals surface area contributed by atoms with Crippen molar-refractivity contribution in [2.24, 2.45) is 0 Å². The molecule has 4 aromatic rings. The van der Waals surface area contributed by atoms with Gasteiger partial charge >= 0.3 is 11.4 Å². The van der Waals surface area contributed by atoms with Crippen molar-refractivity contribution in [1.29, 1.82) is 0 Å². The number of carbonyl (C=O) groups excluding carboxylic acids is 2. The fourth-order valence-corrected chi connectivity index (χ4v) is 4.90. The van der Waals surface area contributed by atoms with Crippen molar-refractivity contribution < 1.29 is 19.4 Å². The number of anilines is 2. The Hall–Kier alpha value is -5.17. The monoisotopic (exact) mass is 544 g/mol. The van der Waals surface area contributed by atoms with Crippen molar-refractivity contribution >= 4 is 46.3 Å². The minimum Gasteiger partial charge on any atom is -0.326 e. The molecule has 39 heavy (non-hydrogen) atoms. The molecule has 2 aromatic heterocycles. The zero-order valence-electron chi connectivity index (χ0n) is 20.6. The molecule has 0 aliphatic carbocycles. The van der Waals surface area contributed by atoms with Gasteiger partial charge in [-0.1, -0.05) is 36.4 Å². The fourth-order valence-electron chi connectivity index (χ4n) is 3.93. The number of rotatable bonds is 8. The first-order valence-electron chi connectivity index (χ1n) is 11.4. The quantitative estimate of drug-likeness (QED) is 0.209. The van der Waals surface area contributed by atoms with Gasteiger partial charge in [0.1, 0.15) is 0 Å². The van der Waals surface area contributed by atoms with E-state index in [4.69, 9.17) is 0 Å². The minimum absolute atomic E-state index is 0.127. The van der Waals surface area contributed by atoms with Crippen LogP contribution < -0.4 is 10.6 Å². The fraction of sp³-hybridized carbons (Fsp3) is 0.0769. The van der Waals surface area contributed by atoms with Crippen LogP contribution in [0.4, 0.5) is 22.7 Å². The summed E-state index contributed by atoms with van der Waals surface area (Å²) < 4.78 is 0. The summed E-state index contributed by atoms with van der Waals surface area (Å²) in [5, 5.41) is 29.6. The SMILES string of the molecule is CC(=O)Nc1ccccc1-c1ccnc(Sc2nccc(-c3ccccc3NC(C)=O)c2[N+](=O)[O-])c1[N+](=O)[O-]. The smallest absolute Gasteiger partial charge is 0.309 e. The Labute approximate surface area is 225 Å². The molecule has 0 unspecified atom stereocenters. The lowest BCUT2D eigenvalue weighted by molar-refractivity contribution is -0.388. The lowest BCUT2D eigenvalue weighted by Gasteiger charge is -2.13. The zero-order valence-corrected chi connectivity index (χ0v) is 21.4. The van der Waals surface area contributed by atoms with E-state index in [0.29, 0.717) is 34.3 Å². The van der Waals surface area contributed by atoms with Crippen molar-refractivity contribution in [3.05, 3.63) is 93.3 Å². The summed E-state index contributed by atoms with van der Waals surface area (Å²) in [6.07, 6.45) is 2.69. The number of nitrogens with one attached hydrogen (secondary N) is 2. The predicted molar refractivity (Wildman–Crippen MR) is 145 cm³/mol. The Balaban J connectivity index is 1.88. The van der Waals surface area contributed by atoms with Gasteiger partial charge in [0, 0.05) is 48.7 Å². The number of hydrogen-bond acceptors (Lipinski definition) is 9. The highest BCUT2D eigenvalue weighted by Crippen LogP contribution is 2.45. The number of pyridine rings is 2. The second kappa shape index (κ2) is 11.5. The van der Waals surface area contributed by atoms with Crippen molar-refractivity contribution in [3.63, 3.8) is 0 Å². The molecule has 4 rings (SSSR count). The van der Waals surface area contributed by atoms with Crippen LogP contribution in [0.5, 0.6) is 0 Å². The summed E-state index contributed by atoms with van der Waals surface area (Å²) >= 11 is 0.674. The van der Waals surface area contributed by atoms with Gasteiger partial charge in [-0.15, -0.1) is 0 Å². The maximum absolute atomic E-state index is 12.3. The lowest BCUT2D eigenvalue weighted by Crippen LogP contribution is -2.08. The molecule has 13 heteroatoms. The van der Waals surface area contributed by atoms with Crippen LogP contribution in [0, 0.1) is 20.2 Å². The molecule has 2 amide bonds. The van der Waals surface area contributed by atoms with Crippen LogP contribution in [0.3, 0.4) is 0 Å². The lowest BCUT2D eigenvalue weighted by atomic mass is 10.0. The van der Waals surface area contributed by atoms with Gasteiger partial charge in [-0.25, -0.2) is 9.97 Å². The molecular weight excluding hydrogens is 524 g/mol. The van der Waals surface area contributed by atoms with E-state index in [2.05, 4.69) is 20.6 Å². The second-order valence-electron chi connectivity index (χ2n) is 8.09. The van der Waals surface area contributed by atoms with E-state index >= 15 is 0 Å². The van der Waals surface area contributed by atoms with Crippen molar-refractivity contribution in [3.8, 4) is 22.3 Å². The molecule has 2 aromatic carbocycles. The average Bonchev–Trinajstić information content (AvgIpc) is 2.88. The van der Waals surface area contributed by atoms with Gasteiger partial charge < -0.3 is 10.6 Å². The minimum atomic E-state index is -0.628. The first kappa shape index (κ1) is 26.9. The molecule has 0 saturated carbocycles. The van der Waals surface area contributed by atoms with Gasteiger partial charge in [-0.2, -0.15) is 0 Å². The summed E-state index contributed by atoms with van der Waals surface area (Å²) in [4.78, 5) is 55.0. The summed E-state index contributed by atoms with van der Waals surface area (Å²) in [6, 6.07) is 16.0. The van der Waals surface area contributed by atoms with Crippen molar-refractivity contribution in [2.45, 2.75) is 23.9 Å². The largest absolute Gasteiger partial charge is 0.326 e. The molecule has 0 radical (unpaired) electrons. The van der Waals surface area contributed by atoms with Gasteiger partial charge in [0.15, 0.2) is 10.1 Å². The molecule has 2 heterocycles. The molecule has 0 spiro atoms. The van der Waals surface area contributed by atoms with Gasteiger partial charge in [0.25, 0.3) is 0 Å². The van der Waals surface area contributed by atoms with Crippen LogP contribution >= 0.6 is 11.8 Å². The third-order valence-electron chi connectivity index (χ3n) is 5.40. The maximum Gasteiger partial charge on any atom is 0.309 e. The van der Waals surface area contributed by atoms with E-state index in [0.717, 1.165) is 0 Å². The molecule has 0 atom stereocenters. The van der Waals surface area contributed by atoms with E-state index in [1.165, 1.54) is 38.4 Å². The van der Waals surface area contributed by atoms with Crippen LogP contribution in [0.2, 0.25) is 0 Å². The Morgan fingerprint density at radius 2 is 1.05 bits per heavy atom. The van der Waals surface area contributed by atoms with Gasteiger partial charge in [0.2, 0.25) is 11.8 Å². The molecule has 196 valence electrons. The number of hydrogen-bond donors (Lipinski definition) is 2. The van der Waals surface area contributed by atoms with Crippen LogP contribution in [0.1, 0.15) is 13.8 Å². The number of benzene rings is 2. The molecule has 0 aliphatic heterocycles. The molecular formula is C26H20N6O6S. The molecule has 0 bridgehead atoms. The standard InChI is InChI=1S/C26H20N6O6S/c1-15(33)29-21-9-5-3-7-17(21)19-11-13-27-25(23(19)31(35)36)39-26-24(32(37)38)20(12-14-28-26)18-8-4-6-10-22(18)30-16(2)34/h3-14H,1-2H3,(H,29,33)(H,30,34). The highest BCUT2D eigenvalue weighted by molar-refractivity contribution is 7.99. The highest BCUT2D eigenvalue weighted by atomic mass is 32.2. The molecule has 0 aliphatic rings. The van der Waals surface area contributed by atoms with Crippen LogP contribution in [-0.4, -0.2) is 31.6 Å². The first-order valence-corrected chi connectivity index (χ1v) is 12.2. The number of nitro groups is 2. The van der Waals surface area contributed by atoms with Gasteiger partial charge in [-0.05, 0) is 36.0 Å².